The lowest BCUT2D eigenvalue weighted by atomic mass is 10.00. The van der Waals surface area contributed by atoms with Crippen molar-refractivity contribution in [3.63, 3.8) is 0 Å². The molecule has 0 saturated carbocycles. The summed E-state index contributed by atoms with van der Waals surface area (Å²) in [6.45, 7) is 7.83. The summed E-state index contributed by atoms with van der Waals surface area (Å²) < 4.78 is 0. The molecule has 0 aromatic heterocycles. The van der Waals surface area contributed by atoms with Crippen LogP contribution >= 0.6 is 0 Å². The Morgan fingerprint density at radius 1 is 0.353 bits per heavy atom. The molecule has 0 aromatic rings. The van der Waals surface area contributed by atoms with E-state index in [1.165, 1.54) is 181 Å². The highest BCUT2D eigenvalue weighted by atomic mass is 15.1. The van der Waals surface area contributed by atoms with Crippen LogP contribution in [0.3, 0.4) is 0 Å². The van der Waals surface area contributed by atoms with E-state index in [2.05, 4.69) is 22.0 Å². The van der Waals surface area contributed by atoms with Crippen LogP contribution < -0.4 is 0 Å². The van der Waals surface area contributed by atoms with E-state index in [0.717, 1.165) is 0 Å². The van der Waals surface area contributed by atoms with Gasteiger partial charge in [0.05, 0.1) is 0 Å². The van der Waals surface area contributed by atoms with Crippen LogP contribution in [0.1, 0.15) is 141 Å². The Kier molecular flexibility index (Phi) is 15.3. The quantitative estimate of drug-likeness (QED) is 0.326. The molecule has 34 heavy (non-hydrogen) atoms. The van der Waals surface area contributed by atoms with Crippen LogP contribution in [-0.4, -0.2) is 49.1 Å². The summed E-state index contributed by atoms with van der Waals surface area (Å²) in [6, 6.07) is 0. The first-order valence-electron chi connectivity index (χ1n) is 15.7. The molecule has 3 heterocycles. The average molecular weight is 471 g/mol. The maximum absolute atomic E-state index is 2.74. The van der Waals surface area contributed by atoms with Crippen LogP contribution in [0.4, 0.5) is 0 Å². The summed E-state index contributed by atoms with van der Waals surface area (Å²) in [4.78, 5) is 5.48. The first-order chi connectivity index (χ1) is 16.9. The standard InChI is InChI=1S/C32H58N2/c1-2-5-9-13-17-25-33-27-20-24-32(30-33)22-16-12-8-4-6-10-14-18-26-34-28-19-23-31(29-34)21-15-11-7-3-1/h23-24H,1-22,25-30H2. The van der Waals surface area contributed by atoms with E-state index < -0.39 is 0 Å². The van der Waals surface area contributed by atoms with Gasteiger partial charge < -0.3 is 0 Å². The highest BCUT2D eigenvalue weighted by Gasteiger charge is 2.13. The van der Waals surface area contributed by atoms with E-state index in [-0.39, 0.29) is 0 Å². The predicted molar refractivity (Wildman–Crippen MR) is 151 cm³/mol. The van der Waals surface area contributed by atoms with E-state index >= 15 is 0 Å². The second-order valence-electron chi connectivity index (χ2n) is 11.7. The molecular weight excluding hydrogens is 412 g/mol. The summed E-state index contributed by atoms with van der Waals surface area (Å²) in [5.74, 6) is 0. The molecule has 0 amide bonds. The van der Waals surface area contributed by atoms with Crippen molar-refractivity contribution in [1.29, 1.82) is 0 Å². The second-order valence-corrected chi connectivity index (χ2v) is 11.7. The summed E-state index contributed by atoms with van der Waals surface area (Å²) in [5.41, 5.74) is 3.49. The van der Waals surface area contributed by atoms with Gasteiger partial charge >= 0.3 is 0 Å². The number of rotatable bonds is 0. The van der Waals surface area contributed by atoms with Gasteiger partial charge in [-0.15, -0.1) is 0 Å². The van der Waals surface area contributed by atoms with Crippen LogP contribution in [0.15, 0.2) is 23.3 Å². The number of nitrogens with zero attached hydrogens (tertiary/aromatic N) is 2. The molecule has 2 heteroatoms. The first-order valence-corrected chi connectivity index (χ1v) is 15.7. The Labute approximate surface area is 213 Å². The number of hydrogen-bond acceptors (Lipinski definition) is 2. The molecule has 4 bridgehead atoms. The summed E-state index contributed by atoms with van der Waals surface area (Å²) >= 11 is 0. The zero-order valence-electron chi connectivity index (χ0n) is 22.8. The van der Waals surface area contributed by atoms with E-state index in [4.69, 9.17) is 0 Å². The number of hydrogen-bond donors (Lipinski definition) is 0. The number of fused-ring (bicyclic) bond motifs is 4. The van der Waals surface area contributed by atoms with Crippen molar-refractivity contribution in [2.75, 3.05) is 39.3 Å². The van der Waals surface area contributed by atoms with E-state index in [1.807, 2.05) is 0 Å². The van der Waals surface area contributed by atoms with Gasteiger partial charge in [-0.05, 0) is 64.5 Å². The third-order valence-electron chi connectivity index (χ3n) is 8.55. The fraction of sp³-hybridized carbons (Fsp3) is 0.875. The van der Waals surface area contributed by atoms with Gasteiger partial charge in [0.1, 0.15) is 0 Å². The second kappa shape index (κ2) is 18.6. The maximum Gasteiger partial charge on any atom is 0.0192 e. The van der Waals surface area contributed by atoms with Gasteiger partial charge in [0.2, 0.25) is 0 Å². The van der Waals surface area contributed by atoms with Crippen molar-refractivity contribution in [3.05, 3.63) is 23.3 Å². The molecule has 1 fully saturated rings. The van der Waals surface area contributed by atoms with Crippen molar-refractivity contribution < 1.29 is 0 Å². The molecular formula is C32H58N2. The van der Waals surface area contributed by atoms with Gasteiger partial charge in [-0.25, -0.2) is 0 Å². The van der Waals surface area contributed by atoms with Crippen molar-refractivity contribution in [3.8, 4) is 0 Å². The smallest absolute Gasteiger partial charge is 0.0192 e. The fourth-order valence-corrected chi connectivity index (χ4v) is 6.36. The molecule has 2 unspecified atom stereocenters. The Morgan fingerprint density at radius 3 is 1.06 bits per heavy atom. The predicted octanol–water partition coefficient (Wildman–Crippen LogP) is 9.07. The van der Waals surface area contributed by atoms with Crippen molar-refractivity contribution >= 4 is 0 Å². The topological polar surface area (TPSA) is 6.48 Å². The lowest BCUT2D eigenvalue weighted by molar-refractivity contribution is 0.278. The van der Waals surface area contributed by atoms with Crippen LogP contribution in [0, 0.1) is 0 Å². The average Bonchev–Trinajstić information content (AvgIpc) is 2.86. The lowest BCUT2D eigenvalue weighted by Crippen LogP contribution is -2.31. The molecule has 3 aliphatic heterocycles. The van der Waals surface area contributed by atoms with Gasteiger partial charge in [-0.3, -0.25) is 9.80 Å². The van der Waals surface area contributed by atoms with E-state index in [9.17, 15) is 0 Å². The molecule has 0 N–H and O–H groups in total. The minimum Gasteiger partial charge on any atom is -0.299 e. The molecule has 3 rings (SSSR count). The molecule has 2 nitrogen and oxygen atoms in total. The zero-order valence-corrected chi connectivity index (χ0v) is 22.8. The van der Waals surface area contributed by atoms with Crippen LogP contribution in [0.5, 0.6) is 0 Å². The normalized spacial score (nSPS) is 29.2. The van der Waals surface area contributed by atoms with Crippen LogP contribution in [-0.2, 0) is 0 Å². The van der Waals surface area contributed by atoms with Gasteiger partial charge in [0.15, 0.2) is 0 Å². The fourth-order valence-electron chi connectivity index (χ4n) is 6.36. The molecule has 0 aromatic carbocycles. The SMILES string of the molecule is C1=C2CCCCCCCCCCN3CCC=C(CCCCCCCCCCCCN(CC1)C2)C3. The molecule has 0 aliphatic carbocycles. The Balaban J connectivity index is 1.32. The van der Waals surface area contributed by atoms with E-state index in [0.29, 0.717) is 0 Å². The Hall–Kier alpha value is -0.600. The minimum atomic E-state index is 1.27. The summed E-state index contributed by atoms with van der Waals surface area (Å²) in [6.07, 6.45) is 36.5. The molecule has 1 saturated heterocycles. The molecule has 2 atom stereocenters. The minimum absolute atomic E-state index is 1.27. The molecule has 196 valence electrons. The van der Waals surface area contributed by atoms with E-state index in [1.54, 1.807) is 11.1 Å². The van der Waals surface area contributed by atoms with Gasteiger partial charge in [0, 0.05) is 26.2 Å². The van der Waals surface area contributed by atoms with Crippen molar-refractivity contribution in [2.45, 2.75) is 141 Å². The van der Waals surface area contributed by atoms with Crippen LogP contribution in [0.25, 0.3) is 0 Å². The molecule has 3 aliphatic rings. The third kappa shape index (κ3) is 12.9. The Bertz CT molecular complexity index is 563. The van der Waals surface area contributed by atoms with Crippen molar-refractivity contribution in [1.82, 2.24) is 9.80 Å². The van der Waals surface area contributed by atoms with Gasteiger partial charge in [0.25, 0.3) is 0 Å². The van der Waals surface area contributed by atoms with Crippen molar-refractivity contribution in [2.24, 2.45) is 0 Å². The van der Waals surface area contributed by atoms with Gasteiger partial charge in [-0.2, -0.15) is 0 Å². The highest BCUT2D eigenvalue weighted by Crippen LogP contribution is 2.20. The van der Waals surface area contributed by atoms with Gasteiger partial charge in [-0.1, -0.05) is 113 Å². The first kappa shape index (κ1) is 28.0. The Morgan fingerprint density at radius 2 is 0.676 bits per heavy atom. The summed E-state index contributed by atoms with van der Waals surface area (Å²) in [7, 11) is 0. The van der Waals surface area contributed by atoms with Crippen LogP contribution in [0.2, 0.25) is 0 Å². The zero-order chi connectivity index (χ0) is 23.5. The molecule has 0 spiro atoms. The third-order valence-corrected chi connectivity index (χ3v) is 8.55. The monoisotopic (exact) mass is 470 g/mol. The maximum atomic E-state index is 2.74. The molecule has 0 radical (unpaired) electrons. The largest absolute Gasteiger partial charge is 0.299 e. The highest BCUT2D eigenvalue weighted by molar-refractivity contribution is 5.08. The summed E-state index contributed by atoms with van der Waals surface area (Å²) in [5, 5.41) is 0. The lowest BCUT2D eigenvalue weighted by Gasteiger charge is -2.27.